The Morgan fingerprint density at radius 1 is 1.80 bits per heavy atom. The summed E-state index contributed by atoms with van der Waals surface area (Å²) in [6, 6.07) is 2.02. The van der Waals surface area contributed by atoms with Crippen LogP contribution in [-0.4, -0.2) is 17.9 Å². The van der Waals surface area contributed by atoms with Crippen molar-refractivity contribution in [2.45, 2.75) is 12.8 Å². The van der Waals surface area contributed by atoms with Crippen LogP contribution >= 0.6 is 0 Å². The second-order valence-electron chi connectivity index (χ2n) is 2.45. The van der Waals surface area contributed by atoms with Crippen LogP contribution in [0.2, 0.25) is 0 Å². The van der Waals surface area contributed by atoms with Crippen LogP contribution in [-0.2, 0) is 4.74 Å². The van der Waals surface area contributed by atoms with Crippen molar-refractivity contribution in [2.24, 2.45) is 5.41 Å². The number of rotatable bonds is 2. The molecular weight excluding hydrogens is 134 g/mol. The summed E-state index contributed by atoms with van der Waals surface area (Å²) in [5.74, 6) is 0. The van der Waals surface area contributed by atoms with Crippen LogP contribution in [0.3, 0.4) is 0 Å². The summed E-state index contributed by atoms with van der Waals surface area (Å²) < 4.78 is 4.25. The maximum absolute atomic E-state index is 9.86. The average Bonchev–Trinajstić information content (AvgIpc) is 2.64. The van der Waals surface area contributed by atoms with E-state index in [2.05, 4.69) is 4.74 Å². The minimum Gasteiger partial charge on any atom is -0.450 e. The Kier molecular flexibility index (Phi) is 1.50. The van der Waals surface area contributed by atoms with Gasteiger partial charge in [-0.25, -0.2) is 4.79 Å². The van der Waals surface area contributed by atoms with E-state index in [1.807, 2.05) is 6.07 Å². The summed E-state index contributed by atoms with van der Waals surface area (Å²) in [7, 11) is 0. The molecule has 4 nitrogen and oxygen atoms in total. The Bertz CT molecular complexity index is 190. The van der Waals surface area contributed by atoms with Gasteiger partial charge in [-0.2, -0.15) is 5.26 Å². The third-order valence-corrected chi connectivity index (χ3v) is 1.56. The fraction of sp³-hybridized carbons (Fsp3) is 0.667. The zero-order valence-electron chi connectivity index (χ0n) is 5.33. The standard InChI is InChI=1S/C6H7NO3/c7-3-6(1-2-6)4-10-5(8)9/h1-2,4H2,(H,8,9). The summed E-state index contributed by atoms with van der Waals surface area (Å²) in [6.07, 6.45) is 0.217. The molecule has 54 valence electrons. The molecule has 1 aliphatic carbocycles. The number of nitriles is 1. The highest BCUT2D eigenvalue weighted by atomic mass is 16.7. The summed E-state index contributed by atoms with van der Waals surface area (Å²) in [5.41, 5.74) is -0.474. The van der Waals surface area contributed by atoms with Gasteiger partial charge in [0.15, 0.2) is 0 Å². The van der Waals surface area contributed by atoms with Crippen molar-refractivity contribution in [3.8, 4) is 6.07 Å². The average molecular weight is 141 g/mol. The molecule has 1 aliphatic rings. The van der Waals surface area contributed by atoms with E-state index in [1.54, 1.807) is 0 Å². The monoisotopic (exact) mass is 141 g/mol. The van der Waals surface area contributed by atoms with Crippen molar-refractivity contribution in [3.63, 3.8) is 0 Å². The molecule has 4 heteroatoms. The highest BCUT2D eigenvalue weighted by molar-refractivity contribution is 5.56. The van der Waals surface area contributed by atoms with E-state index < -0.39 is 11.6 Å². The van der Waals surface area contributed by atoms with Gasteiger partial charge in [-0.1, -0.05) is 0 Å². The van der Waals surface area contributed by atoms with Gasteiger partial charge in [0.05, 0.1) is 11.5 Å². The first-order chi connectivity index (χ1) is 4.68. The van der Waals surface area contributed by atoms with Crippen LogP contribution in [0.25, 0.3) is 0 Å². The smallest absolute Gasteiger partial charge is 0.450 e. The number of hydrogen-bond donors (Lipinski definition) is 1. The summed E-state index contributed by atoms with van der Waals surface area (Å²) in [4.78, 5) is 9.86. The molecule has 0 aromatic heterocycles. The van der Waals surface area contributed by atoms with Crippen molar-refractivity contribution in [3.05, 3.63) is 0 Å². The number of carbonyl (C=O) groups is 1. The molecule has 0 aromatic rings. The molecule has 0 unspecified atom stereocenters. The quantitative estimate of drug-likeness (QED) is 0.582. The van der Waals surface area contributed by atoms with Crippen LogP contribution in [0.4, 0.5) is 4.79 Å². The highest BCUT2D eigenvalue weighted by Crippen LogP contribution is 2.44. The normalized spacial score (nSPS) is 19.1. The van der Waals surface area contributed by atoms with Gasteiger partial charge < -0.3 is 9.84 Å². The molecule has 0 saturated heterocycles. The molecule has 0 bridgehead atoms. The predicted molar refractivity (Wildman–Crippen MR) is 31.3 cm³/mol. The SMILES string of the molecule is N#CC1(COC(=O)O)CC1. The van der Waals surface area contributed by atoms with Gasteiger partial charge >= 0.3 is 6.16 Å². The fourth-order valence-corrected chi connectivity index (χ4v) is 0.639. The minimum atomic E-state index is -1.30. The molecule has 10 heavy (non-hydrogen) atoms. The Morgan fingerprint density at radius 3 is 2.70 bits per heavy atom. The molecule has 0 spiro atoms. The van der Waals surface area contributed by atoms with Crippen LogP contribution in [0, 0.1) is 16.7 Å². The lowest BCUT2D eigenvalue weighted by Gasteiger charge is -2.02. The lowest BCUT2D eigenvalue weighted by Crippen LogP contribution is -2.11. The van der Waals surface area contributed by atoms with E-state index in [4.69, 9.17) is 10.4 Å². The van der Waals surface area contributed by atoms with Gasteiger partial charge in [0.2, 0.25) is 0 Å². The van der Waals surface area contributed by atoms with Crippen molar-refractivity contribution < 1.29 is 14.6 Å². The Balaban J connectivity index is 2.27. The van der Waals surface area contributed by atoms with E-state index in [0.717, 1.165) is 12.8 Å². The van der Waals surface area contributed by atoms with E-state index in [1.165, 1.54) is 0 Å². The minimum absolute atomic E-state index is 0.0266. The highest BCUT2D eigenvalue weighted by Gasteiger charge is 2.44. The molecule has 0 heterocycles. The van der Waals surface area contributed by atoms with Crippen molar-refractivity contribution in [1.29, 1.82) is 5.26 Å². The third kappa shape index (κ3) is 1.38. The second kappa shape index (κ2) is 2.18. The van der Waals surface area contributed by atoms with E-state index in [-0.39, 0.29) is 6.61 Å². The molecule has 1 saturated carbocycles. The van der Waals surface area contributed by atoms with Crippen LogP contribution in [0.1, 0.15) is 12.8 Å². The Morgan fingerprint density at radius 2 is 2.40 bits per heavy atom. The number of nitrogens with zero attached hydrogens (tertiary/aromatic N) is 1. The Hall–Kier alpha value is -1.24. The van der Waals surface area contributed by atoms with Crippen molar-refractivity contribution in [1.82, 2.24) is 0 Å². The van der Waals surface area contributed by atoms with Gasteiger partial charge in [-0.05, 0) is 12.8 Å². The van der Waals surface area contributed by atoms with Crippen molar-refractivity contribution in [2.75, 3.05) is 6.61 Å². The molecular formula is C6H7NO3. The van der Waals surface area contributed by atoms with Gasteiger partial charge in [0.25, 0.3) is 0 Å². The van der Waals surface area contributed by atoms with E-state index in [9.17, 15) is 4.79 Å². The van der Waals surface area contributed by atoms with E-state index in [0.29, 0.717) is 0 Å². The third-order valence-electron chi connectivity index (χ3n) is 1.56. The number of hydrogen-bond acceptors (Lipinski definition) is 3. The molecule has 0 aliphatic heterocycles. The topological polar surface area (TPSA) is 70.3 Å². The van der Waals surface area contributed by atoms with Gasteiger partial charge in [0, 0.05) is 0 Å². The summed E-state index contributed by atoms with van der Waals surface area (Å²) >= 11 is 0. The lowest BCUT2D eigenvalue weighted by molar-refractivity contribution is 0.0803. The van der Waals surface area contributed by atoms with Gasteiger partial charge in [-0.15, -0.1) is 0 Å². The Labute approximate surface area is 58.0 Å². The first kappa shape index (κ1) is 6.87. The largest absolute Gasteiger partial charge is 0.505 e. The van der Waals surface area contributed by atoms with Gasteiger partial charge in [0.1, 0.15) is 6.61 Å². The maximum atomic E-state index is 9.86. The molecule has 1 rings (SSSR count). The zero-order chi connectivity index (χ0) is 7.61. The molecule has 1 fully saturated rings. The van der Waals surface area contributed by atoms with Crippen LogP contribution < -0.4 is 0 Å². The second-order valence-corrected chi connectivity index (χ2v) is 2.45. The number of carboxylic acid groups (broad SMARTS) is 1. The lowest BCUT2D eigenvalue weighted by atomic mass is 10.2. The number of ether oxygens (including phenoxy) is 1. The summed E-state index contributed by atoms with van der Waals surface area (Å²) in [6.45, 7) is 0.0266. The first-order valence-electron chi connectivity index (χ1n) is 2.95. The molecule has 0 radical (unpaired) electrons. The molecule has 0 atom stereocenters. The van der Waals surface area contributed by atoms with Crippen LogP contribution in [0.5, 0.6) is 0 Å². The first-order valence-corrected chi connectivity index (χ1v) is 2.95. The van der Waals surface area contributed by atoms with Crippen molar-refractivity contribution >= 4 is 6.16 Å². The zero-order valence-corrected chi connectivity index (χ0v) is 5.33. The van der Waals surface area contributed by atoms with Crippen LogP contribution in [0.15, 0.2) is 0 Å². The van der Waals surface area contributed by atoms with Gasteiger partial charge in [-0.3, -0.25) is 0 Å². The fourth-order valence-electron chi connectivity index (χ4n) is 0.639. The molecule has 0 amide bonds. The maximum Gasteiger partial charge on any atom is 0.505 e. The predicted octanol–water partition coefficient (Wildman–Crippen LogP) is 0.985. The summed E-state index contributed by atoms with van der Waals surface area (Å²) in [5, 5.41) is 16.5. The molecule has 1 N–H and O–H groups in total. The molecule has 0 aromatic carbocycles. The van der Waals surface area contributed by atoms with E-state index >= 15 is 0 Å².